The number of hydrogen-bond acceptors (Lipinski definition) is 5. The van der Waals surface area contributed by atoms with Crippen molar-refractivity contribution >= 4 is 76.4 Å². The lowest BCUT2D eigenvalue weighted by molar-refractivity contribution is 1.48. The zero-order valence-electron chi connectivity index (χ0n) is 16.6. The molecule has 0 radical (unpaired) electrons. The highest BCUT2D eigenvalue weighted by atomic mass is 32.1. The van der Waals surface area contributed by atoms with E-state index in [9.17, 15) is 0 Å². The molecule has 3 heterocycles. The summed E-state index contributed by atoms with van der Waals surface area (Å²) >= 11 is 5.08. The van der Waals surface area contributed by atoms with Crippen LogP contribution in [-0.4, -0.2) is 8.75 Å². The van der Waals surface area contributed by atoms with Gasteiger partial charge in [-0.1, -0.05) is 18.2 Å². The molecule has 2 nitrogen and oxygen atoms in total. The molecule has 0 aliphatic carbocycles. The fraction of sp³-hybridized carbons (Fsp3) is 0.167. The van der Waals surface area contributed by atoms with Crippen LogP contribution < -0.4 is 0 Å². The summed E-state index contributed by atoms with van der Waals surface area (Å²) in [5.41, 5.74) is 7.13. The van der Waals surface area contributed by atoms with Crippen molar-refractivity contribution in [3.63, 3.8) is 0 Å². The lowest BCUT2D eigenvalue weighted by atomic mass is 9.98. The molecule has 29 heavy (non-hydrogen) atoms. The molecule has 0 bridgehead atoms. The molecule has 0 spiro atoms. The van der Waals surface area contributed by atoms with E-state index in [2.05, 4.69) is 72.8 Å². The second-order valence-corrected chi connectivity index (χ2v) is 10.7. The van der Waals surface area contributed by atoms with Crippen molar-refractivity contribution in [3.8, 4) is 10.4 Å². The highest BCUT2D eigenvalue weighted by Gasteiger charge is 2.17. The lowest BCUT2D eigenvalue weighted by Crippen LogP contribution is -1.82. The molecule has 0 aliphatic rings. The molecule has 5 heteroatoms. The summed E-state index contributed by atoms with van der Waals surface area (Å²) in [6, 6.07) is 13.8. The van der Waals surface area contributed by atoms with E-state index in [1.807, 2.05) is 22.7 Å². The number of thiophene rings is 2. The smallest absolute Gasteiger partial charge is 0.113 e. The number of benzene rings is 3. The predicted octanol–water partition coefficient (Wildman–Crippen LogP) is 8.17. The van der Waals surface area contributed by atoms with Gasteiger partial charge in [0.2, 0.25) is 0 Å². The fourth-order valence-corrected chi connectivity index (χ4v) is 7.25. The Bertz CT molecular complexity index is 1600. The Kier molecular flexibility index (Phi) is 3.67. The van der Waals surface area contributed by atoms with Crippen LogP contribution in [0.2, 0.25) is 0 Å². The van der Waals surface area contributed by atoms with Crippen molar-refractivity contribution in [1.29, 1.82) is 0 Å². The third kappa shape index (κ3) is 2.44. The third-order valence-electron chi connectivity index (χ3n) is 5.80. The molecule has 0 N–H and O–H groups in total. The van der Waals surface area contributed by atoms with Crippen molar-refractivity contribution in [2.24, 2.45) is 0 Å². The number of hydrogen-bond donors (Lipinski definition) is 0. The van der Waals surface area contributed by atoms with Gasteiger partial charge in [-0.05, 0) is 73.4 Å². The average Bonchev–Trinajstić information content (AvgIpc) is 3.41. The predicted molar refractivity (Wildman–Crippen MR) is 130 cm³/mol. The van der Waals surface area contributed by atoms with Crippen LogP contribution in [0.5, 0.6) is 0 Å². The summed E-state index contributed by atoms with van der Waals surface area (Å²) in [6.07, 6.45) is 0. The SMILES string of the molecule is Cc1cc2c(C)cc3c4cc(-c5ccc(C)c6nsnc56)sc4c(C)cc3c2s1. The van der Waals surface area contributed by atoms with Gasteiger partial charge in [0.15, 0.2) is 0 Å². The number of aryl methyl sites for hydroxylation is 4. The van der Waals surface area contributed by atoms with E-state index >= 15 is 0 Å². The zero-order chi connectivity index (χ0) is 19.9. The molecular weight excluding hydrogens is 412 g/mol. The van der Waals surface area contributed by atoms with E-state index in [1.54, 1.807) is 0 Å². The van der Waals surface area contributed by atoms with E-state index < -0.39 is 0 Å². The standard InChI is InChI=1S/C24H18N2S3/c1-11-5-6-15(22-21(11)25-29-26-22)20-10-19-17-7-12(2)16-9-14(4)27-24(16)18(17)8-13(3)23(19)28-20/h5-10H,1-4H3. The highest BCUT2D eigenvalue weighted by Crippen LogP contribution is 2.44. The van der Waals surface area contributed by atoms with Crippen molar-refractivity contribution < 1.29 is 0 Å². The van der Waals surface area contributed by atoms with E-state index in [0.717, 1.165) is 11.0 Å². The Morgan fingerprint density at radius 3 is 2.24 bits per heavy atom. The van der Waals surface area contributed by atoms with Crippen molar-refractivity contribution in [3.05, 3.63) is 58.0 Å². The number of fused-ring (bicyclic) bond motifs is 6. The van der Waals surface area contributed by atoms with Gasteiger partial charge in [0.05, 0.1) is 11.7 Å². The number of rotatable bonds is 1. The monoisotopic (exact) mass is 430 g/mol. The molecule has 0 amide bonds. The molecule has 0 saturated heterocycles. The van der Waals surface area contributed by atoms with E-state index in [4.69, 9.17) is 0 Å². The zero-order valence-corrected chi connectivity index (χ0v) is 19.0. The van der Waals surface area contributed by atoms with Gasteiger partial charge in [-0.3, -0.25) is 0 Å². The van der Waals surface area contributed by atoms with Crippen LogP contribution >= 0.6 is 34.4 Å². The maximum absolute atomic E-state index is 4.61. The van der Waals surface area contributed by atoms with Crippen LogP contribution in [0, 0.1) is 27.7 Å². The van der Waals surface area contributed by atoms with Crippen LogP contribution in [0.15, 0.2) is 36.4 Å². The van der Waals surface area contributed by atoms with Gasteiger partial charge in [0.25, 0.3) is 0 Å². The molecule has 6 rings (SSSR count). The van der Waals surface area contributed by atoms with E-state index in [0.29, 0.717) is 0 Å². The normalized spacial score (nSPS) is 12.1. The van der Waals surface area contributed by atoms with Gasteiger partial charge < -0.3 is 0 Å². The summed E-state index contributed by atoms with van der Waals surface area (Å²) in [5.74, 6) is 0. The minimum Gasteiger partial charge on any atom is -0.173 e. The van der Waals surface area contributed by atoms with Crippen LogP contribution in [0.3, 0.4) is 0 Å². The summed E-state index contributed by atoms with van der Waals surface area (Å²) in [5, 5.41) is 5.48. The van der Waals surface area contributed by atoms with E-state index in [1.165, 1.54) is 74.7 Å². The molecule has 6 aromatic rings. The third-order valence-corrected chi connectivity index (χ3v) is 8.72. The number of nitrogens with zero attached hydrogens (tertiary/aromatic N) is 2. The Balaban J connectivity index is 1.73. The Morgan fingerprint density at radius 1 is 0.621 bits per heavy atom. The summed E-state index contributed by atoms with van der Waals surface area (Å²) in [7, 11) is 0. The van der Waals surface area contributed by atoms with Crippen molar-refractivity contribution in [2.45, 2.75) is 27.7 Å². The summed E-state index contributed by atoms with van der Waals surface area (Å²) in [6.45, 7) is 8.78. The van der Waals surface area contributed by atoms with Gasteiger partial charge >= 0.3 is 0 Å². The first-order chi connectivity index (χ1) is 14.0. The highest BCUT2D eigenvalue weighted by molar-refractivity contribution is 7.23. The topological polar surface area (TPSA) is 25.8 Å². The lowest BCUT2D eigenvalue weighted by Gasteiger charge is -2.07. The van der Waals surface area contributed by atoms with Gasteiger partial charge in [-0.15, -0.1) is 22.7 Å². The van der Waals surface area contributed by atoms with Crippen LogP contribution in [0.25, 0.3) is 52.4 Å². The minimum absolute atomic E-state index is 1.02. The second-order valence-electron chi connectivity index (χ2n) is 7.83. The Hall–Kier alpha value is -2.34. The minimum atomic E-state index is 1.02. The summed E-state index contributed by atoms with van der Waals surface area (Å²) < 4.78 is 11.9. The van der Waals surface area contributed by atoms with Crippen LogP contribution in [0.1, 0.15) is 21.6 Å². The molecule has 142 valence electrons. The van der Waals surface area contributed by atoms with Crippen molar-refractivity contribution in [2.75, 3.05) is 0 Å². The Morgan fingerprint density at radius 2 is 1.38 bits per heavy atom. The second kappa shape index (κ2) is 6.08. The van der Waals surface area contributed by atoms with E-state index in [-0.39, 0.29) is 0 Å². The number of aromatic nitrogens is 2. The molecule has 0 atom stereocenters. The van der Waals surface area contributed by atoms with Crippen LogP contribution in [0.4, 0.5) is 0 Å². The first kappa shape index (κ1) is 17.5. The molecule has 0 unspecified atom stereocenters. The molecular formula is C24H18N2S3. The fourth-order valence-electron chi connectivity index (χ4n) is 4.36. The molecule has 3 aromatic carbocycles. The molecule has 3 aromatic heterocycles. The molecule has 0 aliphatic heterocycles. The molecule has 0 fully saturated rings. The average molecular weight is 431 g/mol. The maximum Gasteiger partial charge on any atom is 0.113 e. The first-order valence-corrected chi connectivity index (χ1v) is 12.0. The largest absolute Gasteiger partial charge is 0.173 e. The summed E-state index contributed by atoms with van der Waals surface area (Å²) in [4.78, 5) is 2.64. The van der Waals surface area contributed by atoms with Gasteiger partial charge in [-0.25, -0.2) is 0 Å². The van der Waals surface area contributed by atoms with Crippen LogP contribution in [-0.2, 0) is 0 Å². The van der Waals surface area contributed by atoms with Crippen molar-refractivity contribution in [1.82, 2.24) is 8.75 Å². The van der Waals surface area contributed by atoms with Gasteiger partial charge in [-0.2, -0.15) is 8.75 Å². The maximum atomic E-state index is 4.61. The molecule has 0 saturated carbocycles. The first-order valence-electron chi connectivity index (χ1n) is 9.60. The van der Waals surface area contributed by atoms with Gasteiger partial charge in [0.1, 0.15) is 11.0 Å². The quantitative estimate of drug-likeness (QED) is 0.263. The Labute approximate surface area is 180 Å². The van der Waals surface area contributed by atoms with Gasteiger partial charge in [0, 0.05) is 35.5 Å².